The second kappa shape index (κ2) is 5.24. The van der Waals surface area contributed by atoms with E-state index in [1.807, 2.05) is 17.9 Å². The number of aryl methyl sites for hydroxylation is 2. The van der Waals surface area contributed by atoms with Crippen LogP contribution in [0.15, 0.2) is 6.20 Å². The minimum Gasteiger partial charge on any atom is -0.337 e. The molecule has 0 saturated carbocycles. The molecule has 7 nitrogen and oxygen atoms in total. The van der Waals surface area contributed by atoms with Gasteiger partial charge in [-0.05, 0) is 13.3 Å². The number of hydrogen-bond donors (Lipinski definition) is 2. The molecule has 1 saturated heterocycles. The van der Waals surface area contributed by atoms with Crippen molar-refractivity contribution in [1.82, 2.24) is 30.3 Å². The number of nitrogens with zero attached hydrogens (tertiary/aromatic N) is 5. The first-order valence-corrected chi connectivity index (χ1v) is 7.11. The number of rotatable bonds is 3. The third-order valence-electron chi connectivity index (χ3n) is 3.62. The molecule has 3 rings (SSSR count). The molecular weight excluding hydrogens is 254 g/mol. The molecule has 2 aromatic heterocycles. The second-order valence-corrected chi connectivity index (χ2v) is 5.30. The maximum absolute atomic E-state index is 4.64. The van der Waals surface area contributed by atoms with Gasteiger partial charge in [0.2, 0.25) is 5.95 Å². The van der Waals surface area contributed by atoms with Crippen LogP contribution in [0.25, 0.3) is 11.4 Å². The highest BCUT2D eigenvalue weighted by Gasteiger charge is 2.20. The molecule has 2 N–H and O–H groups in total. The summed E-state index contributed by atoms with van der Waals surface area (Å²) in [6, 6.07) is 0.468. The number of nitrogens with one attached hydrogen (secondary N) is 2. The summed E-state index contributed by atoms with van der Waals surface area (Å²) in [6.07, 6.45) is 2.88. The summed E-state index contributed by atoms with van der Waals surface area (Å²) >= 11 is 0. The standard InChI is InChI=1S/C13H21N7/c1-4-11-10(8-19(3)18-11)12-15-13(17-16-12)20-6-5-14-9(2)7-20/h8-9,14H,4-7H2,1-3H3,(H,15,16,17). The van der Waals surface area contributed by atoms with Crippen LogP contribution in [-0.4, -0.2) is 50.6 Å². The van der Waals surface area contributed by atoms with Crippen molar-refractivity contribution >= 4 is 5.95 Å². The lowest BCUT2D eigenvalue weighted by atomic mass is 10.2. The van der Waals surface area contributed by atoms with E-state index in [1.54, 1.807) is 0 Å². The summed E-state index contributed by atoms with van der Waals surface area (Å²) in [5.74, 6) is 1.58. The predicted octanol–water partition coefficient (Wildman–Crippen LogP) is 0.566. The first-order chi connectivity index (χ1) is 9.67. The Balaban J connectivity index is 1.86. The zero-order valence-electron chi connectivity index (χ0n) is 12.2. The molecule has 3 heterocycles. The van der Waals surface area contributed by atoms with E-state index in [1.165, 1.54) is 0 Å². The average Bonchev–Trinajstić information content (AvgIpc) is 3.04. The first-order valence-electron chi connectivity index (χ1n) is 7.11. The lowest BCUT2D eigenvalue weighted by molar-refractivity contribution is 0.480. The monoisotopic (exact) mass is 275 g/mol. The number of piperazine rings is 1. The molecule has 1 unspecified atom stereocenters. The molecule has 0 aliphatic carbocycles. The molecule has 1 fully saturated rings. The molecule has 1 atom stereocenters. The molecule has 1 aliphatic heterocycles. The number of anilines is 1. The van der Waals surface area contributed by atoms with Gasteiger partial charge in [-0.1, -0.05) is 6.92 Å². The van der Waals surface area contributed by atoms with Gasteiger partial charge >= 0.3 is 0 Å². The lowest BCUT2D eigenvalue weighted by Gasteiger charge is -2.30. The van der Waals surface area contributed by atoms with Crippen molar-refractivity contribution in [3.05, 3.63) is 11.9 Å². The Hall–Kier alpha value is -1.89. The van der Waals surface area contributed by atoms with Crippen LogP contribution in [0.3, 0.4) is 0 Å². The minimum absolute atomic E-state index is 0.468. The smallest absolute Gasteiger partial charge is 0.245 e. The van der Waals surface area contributed by atoms with E-state index in [0.717, 1.165) is 49.1 Å². The van der Waals surface area contributed by atoms with Gasteiger partial charge in [0.15, 0.2) is 5.82 Å². The Bertz CT molecular complexity index is 585. The first kappa shape index (κ1) is 13.1. The summed E-state index contributed by atoms with van der Waals surface area (Å²) in [5, 5.41) is 15.3. The molecule has 0 aromatic carbocycles. The van der Waals surface area contributed by atoms with Crippen LogP contribution in [-0.2, 0) is 13.5 Å². The van der Waals surface area contributed by atoms with Crippen LogP contribution in [0.5, 0.6) is 0 Å². The van der Waals surface area contributed by atoms with E-state index in [2.05, 4.69) is 44.3 Å². The van der Waals surface area contributed by atoms with Crippen LogP contribution in [0.2, 0.25) is 0 Å². The van der Waals surface area contributed by atoms with Gasteiger partial charge in [-0.2, -0.15) is 10.1 Å². The third kappa shape index (κ3) is 2.40. The van der Waals surface area contributed by atoms with Crippen molar-refractivity contribution in [2.24, 2.45) is 7.05 Å². The van der Waals surface area contributed by atoms with Gasteiger partial charge in [0.05, 0.1) is 11.3 Å². The van der Waals surface area contributed by atoms with Gasteiger partial charge in [-0.15, -0.1) is 5.10 Å². The zero-order chi connectivity index (χ0) is 14.1. The van der Waals surface area contributed by atoms with Gasteiger partial charge in [-0.25, -0.2) is 0 Å². The second-order valence-electron chi connectivity index (χ2n) is 5.30. The van der Waals surface area contributed by atoms with E-state index in [9.17, 15) is 0 Å². The van der Waals surface area contributed by atoms with E-state index in [0.29, 0.717) is 6.04 Å². The molecule has 0 amide bonds. The van der Waals surface area contributed by atoms with Gasteiger partial charge in [0.25, 0.3) is 0 Å². The molecule has 1 aliphatic rings. The Morgan fingerprint density at radius 3 is 3.05 bits per heavy atom. The number of aromatic amines is 1. The van der Waals surface area contributed by atoms with E-state index >= 15 is 0 Å². The molecule has 0 bridgehead atoms. The molecule has 108 valence electrons. The van der Waals surface area contributed by atoms with Crippen molar-refractivity contribution in [2.45, 2.75) is 26.3 Å². The number of H-pyrrole nitrogens is 1. The minimum atomic E-state index is 0.468. The lowest BCUT2D eigenvalue weighted by Crippen LogP contribution is -2.49. The Kier molecular flexibility index (Phi) is 3.43. The highest BCUT2D eigenvalue weighted by atomic mass is 15.4. The van der Waals surface area contributed by atoms with Crippen LogP contribution in [0.1, 0.15) is 19.5 Å². The van der Waals surface area contributed by atoms with Crippen LogP contribution >= 0.6 is 0 Å². The van der Waals surface area contributed by atoms with E-state index in [-0.39, 0.29) is 0 Å². The molecule has 7 heteroatoms. The fourth-order valence-corrected chi connectivity index (χ4v) is 2.62. The molecular formula is C13H21N7. The topological polar surface area (TPSA) is 74.7 Å². The summed E-state index contributed by atoms with van der Waals surface area (Å²) < 4.78 is 1.82. The Labute approximate surface area is 118 Å². The third-order valence-corrected chi connectivity index (χ3v) is 3.62. The van der Waals surface area contributed by atoms with Gasteiger partial charge in [0, 0.05) is 38.9 Å². The Morgan fingerprint density at radius 1 is 1.45 bits per heavy atom. The summed E-state index contributed by atoms with van der Waals surface area (Å²) in [5.41, 5.74) is 2.08. The highest BCUT2D eigenvalue weighted by molar-refractivity contribution is 5.58. The fraction of sp³-hybridized carbons (Fsp3) is 0.615. The number of hydrogen-bond acceptors (Lipinski definition) is 5. The van der Waals surface area contributed by atoms with E-state index < -0.39 is 0 Å². The van der Waals surface area contributed by atoms with Gasteiger partial charge in [-0.3, -0.25) is 9.78 Å². The maximum atomic E-state index is 4.64. The maximum Gasteiger partial charge on any atom is 0.245 e. The predicted molar refractivity (Wildman–Crippen MR) is 77.6 cm³/mol. The number of aromatic nitrogens is 5. The van der Waals surface area contributed by atoms with Crippen molar-refractivity contribution in [2.75, 3.05) is 24.5 Å². The van der Waals surface area contributed by atoms with Crippen molar-refractivity contribution in [1.29, 1.82) is 0 Å². The summed E-state index contributed by atoms with van der Waals surface area (Å²) in [7, 11) is 1.93. The van der Waals surface area contributed by atoms with Crippen molar-refractivity contribution in [3.8, 4) is 11.4 Å². The summed E-state index contributed by atoms with van der Waals surface area (Å²) in [4.78, 5) is 6.85. The molecule has 0 radical (unpaired) electrons. The quantitative estimate of drug-likeness (QED) is 0.856. The SMILES string of the molecule is CCc1nn(C)cc1-c1nc(N2CCNC(C)C2)n[nH]1. The van der Waals surface area contributed by atoms with Crippen LogP contribution in [0.4, 0.5) is 5.95 Å². The highest BCUT2D eigenvalue weighted by Crippen LogP contribution is 2.21. The average molecular weight is 275 g/mol. The molecule has 0 spiro atoms. The fourth-order valence-electron chi connectivity index (χ4n) is 2.62. The largest absolute Gasteiger partial charge is 0.337 e. The molecule has 2 aromatic rings. The summed E-state index contributed by atoms with van der Waals surface area (Å²) in [6.45, 7) is 7.12. The normalized spacial score (nSPS) is 19.6. The van der Waals surface area contributed by atoms with E-state index in [4.69, 9.17) is 0 Å². The van der Waals surface area contributed by atoms with Crippen LogP contribution < -0.4 is 10.2 Å². The van der Waals surface area contributed by atoms with Crippen molar-refractivity contribution < 1.29 is 0 Å². The van der Waals surface area contributed by atoms with Gasteiger partial charge in [0.1, 0.15) is 0 Å². The van der Waals surface area contributed by atoms with Gasteiger partial charge < -0.3 is 10.2 Å². The zero-order valence-corrected chi connectivity index (χ0v) is 12.2. The molecule has 20 heavy (non-hydrogen) atoms. The van der Waals surface area contributed by atoms with Crippen molar-refractivity contribution in [3.63, 3.8) is 0 Å². The van der Waals surface area contributed by atoms with Crippen LogP contribution in [0, 0.1) is 0 Å². The Morgan fingerprint density at radius 2 is 2.30 bits per heavy atom.